The second-order valence-electron chi connectivity index (χ2n) is 9.38. The number of carbonyl (C=O) groups excluding carboxylic acids is 1. The van der Waals surface area contributed by atoms with Gasteiger partial charge in [-0.25, -0.2) is 9.97 Å². The van der Waals surface area contributed by atoms with Gasteiger partial charge in [0.05, 0.1) is 11.4 Å². The molecule has 1 aliphatic heterocycles. The van der Waals surface area contributed by atoms with Crippen molar-refractivity contribution < 1.29 is 4.79 Å². The van der Waals surface area contributed by atoms with Crippen molar-refractivity contribution in [3.8, 4) is 28.5 Å². The van der Waals surface area contributed by atoms with Crippen LogP contribution < -0.4 is 11.1 Å². The van der Waals surface area contributed by atoms with Gasteiger partial charge in [-0.3, -0.25) is 14.7 Å². The van der Waals surface area contributed by atoms with E-state index in [1.807, 2.05) is 70.2 Å². The van der Waals surface area contributed by atoms with Gasteiger partial charge in [0.1, 0.15) is 11.9 Å². The summed E-state index contributed by atoms with van der Waals surface area (Å²) in [6.07, 6.45) is 4.43. The van der Waals surface area contributed by atoms with Crippen LogP contribution in [0, 0.1) is 11.3 Å². The lowest BCUT2D eigenvalue weighted by Gasteiger charge is -2.32. The molecular formula is C34H41N7O. The van der Waals surface area contributed by atoms with Crippen LogP contribution in [0.3, 0.4) is 0 Å². The number of hydrogen-bond acceptors (Lipinski definition) is 8. The summed E-state index contributed by atoms with van der Waals surface area (Å²) in [5.74, 6) is 0.883. The second-order valence-corrected chi connectivity index (χ2v) is 9.38. The molecule has 0 aliphatic carbocycles. The Kier molecular flexibility index (Phi) is 12.8. The Morgan fingerprint density at radius 3 is 2.29 bits per heavy atom. The number of rotatable bonds is 8. The molecule has 218 valence electrons. The van der Waals surface area contributed by atoms with Crippen LogP contribution in [0.15, 0.2) is 72.9 Å². The van der Waals surface area contributed by atoms with E-state index in [0.717, 1.165) is 61.1 Å². The van der Waals surface area contributed by atoms with Gasteiger partial charge >= 0.3 is 0 Å². The number of likely N-dealkylation sites (tertiary alicyclic amines) is 1. The van der Waals surface area contributed by atoms with Gasteiger partial charge in [0.25, 0.3) is 0 Å². The summed E-state index contributed by atoms with van der Waals surface area (Å²) in [5.41, 5.74) is 12.0. The Morgan fingerprint density at radius 1 is 0.976 bits per heavy atom. The summed E-state index contributed by atoms with van der Waals surface area (Å²) in [6.45, 7) is 11.0. The molecule has 1 saturated heterocycles. The first-order chi connectivity index (χ1) is 20.7. The number of anilines is 1. The molecule has 0 atom stereocenters. The fraction of sp³-hybridized carbons (Fsp3) is 0.324. The zero-order chi connectivity index (χ0) is 30.3. The molecule has 3 heterocycles. The van der Waals surface area contributed by atoms with Crippen molar-refractivity contribution in [3.63, 3.8) is 0 Å². The standard InChI is InChI=1S/C30H29N7O.2C2H6/c31-17-27-24(20-38)16-26(22-4-2-1-3-5-22)30(35-27)23-8-6-21(7-9-23)19-37-14-11-25(12-15-37)34-28-10-13-33-29(18-32)36-28;2*1-2/h1-10,13,16,20,25H,11-12,14-15,17,19,31H2,(H,33,34,36);2*1-2H3. The van der Waals surface area contributed by atoms with Crippen LogP contribution in [-0.4, -0.2) is 45.3 Å². The SMILES string of the molecule is CC.CC.N#Cc1nccc(NC2CCN(Cc3ccc(-c4nc(CN)c(C=O)cc4-c4ccccc4)cc3)CC2)n1. The van der Waals surface area contributed by atoms with Crippen molar-refractivity contribution in [2.45, 2.75) is 59.7 Å². The Morgan fingerprint density at radius 2 is 1.67 bits per heavy atom. The maximum absolute atomic E-state index is 11.7. The van der Waals surface area contributed by atoms with Gasteiger partial charge in [-0.05, 0) is 36.1 Å². The van der Waals surface area contributed by atoms with E-state index in [0.29, 0.717) is 23.1 Å². The molecule has 2 aromatic carbocycles. The first kappa shape index (κ1) is 32.1. The third-order valence-corrected chi connectivity index (χ3v) is 6.87. The van der Waals surface area contributed by atoms with Crippen molar-refractivity contribution in [2.24, 2.45) is 5.73 Å². The average molecular weight is 564 g/mol. The Balaban J connectivity index is 0.00000116. The van der Waals surface area contributed by atoms with Crippen LogP contribution in [0.5, 0.6) is 0 Å². The molecule has 0 saturated carbocycles. The summed E-state index contributed by atoms with van der Waals surface area (Å²) >= 11 is 0. The van der Waals surface area contributed by atoms with Gasteiger partial charge in [-0.15, -0.1) is 0 Å². The number of pyridine rings is 1. The van der Waals surface area contributed by atoms with Crippen LogP contribution >= 0.6 is 0 Å². The average Bonchev–Trinajstić information content (AvgIpc) is 3.07. The van der Waals surface area contributed by atoms with E-state index in [2.05, 4.69) is 44.5 Å². The minimum Gasteiger partial charge on any atom is -0.367 e. The fourth-order valence-electron chi connectivity index (χ4n) is 4.85. The number of nitrogens with two attached hydrogens (primary N) is 1. The van der Waals surface area contributed by atoms with E-state index >= 15 is 0 Å². The van der Waals surface area contributed by atoms with E-state index in [-0.39, 0.29) is 12.4 Å². The van der Waals surface area contributed by atoms with E-state index in [9.17, 15) is 4.79 Å². The van der Waals surface area contributed by atoms with Gasteiger partial charge < -0.3 is 11.1 Å². The van der Waals surface area contributed by atoms with Crippen molar-refractivity contribution in [1.82, 2.24) is 19.9 Å². The summed E-state index contributed by atoms with van der Waals surface area (Å²) in [5, 5.41) is 12.4. The third-order valence-electron chi connectivity index (χ3n) is 6.87. The number of nitriles is 1. The molecule has 0 unspecified atom stereocenters. The highest BCUT2D eigenvalue weighted by Crippen LogP contribution is 2.32. The molecule has 1 fully saturated rings. The predicted octanol–water partition coefficient (Wildman–Crippen LogP) is 6.48. The van der Waals surface area contributed by atoms with Crippen LogP contribution in [0.1, 0.15) is 68.0 Å². The molecule has 8 nitrogen and oxygen atoms in total. The molecule has 3 N–H and O–H groups in total. The minimum absolute atomic E-state index is 0.181. The fourth-order valence-corrected chi connectivity index (χ4v) is 4.85. The van der Waals surface area contributed by atoms with Crippen molar-refractivity contribution >= 4 is 12.1 Å². The van der Waals surface area contributed by atoms with Gasteiger partial charge in [0.15, 0.2) is 6.29 Å². The molecule has 2 aromatic heterocycles. The van der Waals surface area contributed by atoms with Crippen LogP contribution in [0.25, 0.3) is 22.4 Å². The van der Waals surface area contributed by atoms with Crippen molar-refractivity contribution in [1.29, 1.82) is 5.26 Å². The van der Waals surface area contributed by atoms with Gasteiger partial charge in [-0.1, -0.05) is 82.3 Å². The Labute approximate surface area is 249 Å². The summed E-state index contributed by atoms with van der Waals surface area (Å²) in [6, 6.07) is 24.5. The smallest absolute Gasteiger partial charge is 0.234 e. The van der Waals surface area contributed by atoms with Gasteiger partial charge in [-0.2, -0.15) is 5.26 Å². The number of benzene rings is 2. The lowest BCUT2D eigenvalue weighted by atomic mass is 9.96. The van der Waals surface area contributed by atoms with Crippen LogP contribution in [-0.2, 0) is 13.1 Å². The molecule has 5 rings (SSSR count). The highest BCUT2D eigenvalue weighted by molar-refractivity contribution is 5.87. The number of nitrogens with zero attached hydrogens (tertiary/aromatic N) is 5. The van der Waals surface area contributed by atoms with E-state index < -0.39 is 0 Å². The molecule has 0 bridgehead atoms. The first-order valence-electron chi connectivity index (χ1n) is 14.7. The van der Waals surface area contributed by atoms with Crippen molar-refractivity contribution in [2.75, 3.05) is 18.4 Å². The molecule has 1 aliphatic rings. The molecule has 0 spiro atoms. The van der Waals surface area contributed by atoms with E-state index in [4.69, 9.17) is 16.0 Å². The minimum atomic E-state index is 0.181. The summed E-state index contributed by atoms with van der Waals surface area (Å²) < 4.78 is 0. The highest BCUT2D eigenvalue weighted by Gasteiger charge is 2.20. The second kappa shape index (κ2) is 16.7. The summed E-state index contributed by atoms with van der Waals surface area (Å²) in [4.78, 5) is 27.1. The number of aldehydes is 1. The number of nitrogens with one attached hydrogen (secondary N) is 1. The maximum Gasteiger partial charge on any atom is 0.234 e. The molecule has 4 aromatic rings. The number of aromatic nitrogens is 3. The zero-order valence-electron chi connectivity index (χ0n) is 25.0. The highest BCUT2D eigenvalue weighted by atomic mass is 16.1. The quantitative estimate of drug-likeness (QED) is 0.234. The van der Waals surface area contributed by atoms with E-state index in [1.165, 1.54) is 5.56 Å². The zero-order valence-corrected chi connectivity index (χ0v) is 25.0. The summed E-state index contributed by atoms with van der Waals surface area (Å²) in [7, 11) is 0. The first-order valence-corrected chi connectivity index (χ1v) is 14.7. The van der Waals surface area contributed by atoms with Gasteiger partial charge in [0, 0.05) is 55.1 Å². The van der Waals surface area contributed by atoms with Crippen LogP contribution in [0.4, 0.5) is 5.82 Å². The molecule has 0 amide bonds. The van der Waals surface area contributed by atoms with Crippen molar-refractivity contribution in [3.05, 3.63) is 95.6 Å². The topological polar surface area (TPSA) is 121 Å². The third kappa shape index (κ3) is 8.29. The van der Waals surface area contributed by atoms with Crippen LogP contribution in [0.2, 0.25) is 0 Å². The predicted molar refractivity (Wildman–Crippen MR) is 170 cm³/mol. The number of piperidine rings is 1. The maximum atomic E-state index is 11.7. The molecular weight excluding hydrogens is 522 g/mol. The normalized spacial score (nSPS) is 13.0. The van der Waals surface area contributed by atoms with Gasteiger partial charge in [0.2, 0.25) is 5.82 Å². The molecule has 0 radical (unpaired) electrons. The molecule has 42 heavy (non-hydrogen) atoms. The number of carbonyl (C=O) groups is 1. The Hall–Kier alpha value is -4.45. The lowest BCUT2D eigenvalue weighted by Crippen LogP contribution is -2.38. The van der Waals surface area contributed by atoms with E-state index in [1.54, 1.807) is 12.3 Å². The largest absolute Gasteiger partial charge is 0.367 e. The number of hydrogen-bond donors (Lipinski definition) is 2. The lowest BCUT2D eigenvalue weighted by molar-refractivity contribution is 0.112. The molecule has 8 heteroatoms. The Bertz CT molecular complexity index is 1440. The monoisotopic (exact) mass is 563 g/mol.